The van der Waals surface area contributed by atoms with Gasteiger partial charge in [0, 0.05) is 31.5 Å². The lowest BCUT2D eigenvalue weighted by Crippen LogP contribution is -2.10. The first-order chi connectivity index (χ1) is 12.7. The van der Waals surface area contributed by atoms with Crippen LogP contribution in [0.4, 0.5) is 17.6 Å². The number of nitrogens with zero attached hydrogens (tertiary/aromatic N) is 3. The highest BCUT2D eigenvalue weighted by atomic mass is 16.5. The van der Waals surface area contributed by atoms with Crippen molar-refractivity contribution < 1.29 is 4.74 Å². The molecule has 0 amide bonds. The monoisotopic (exact) mass is 350 g/mol. The summed E-state index contributed by atoms with van der Waals surface area (Å²) in [5.41, 5.74) is 8.10. The molecule has 2 heterocycles. The van der Waals surface area contributed by atoms with E-state index in [4.69, 9.17) is 10.5 Å². The lowest BCUT2D eigenvalue weighted by atomic mass is 10.1. The molecule has 0 saturated heterocycles. The molecule has 3 rings (SSSR count). The Morgan fingerprint density at radius 3 is 2.46 bits per heavy atom. The van der Waals surface area contributed by atoms with E-state index in [9.17, 15) is 0 Å². The first kappa shape index (κ1) is 17.5. The predicted octanol–water partition coefficient (Wildman–Crippen LogP) is 2.73. The van der Waals surface area contributed by atoms with E-state index in [0.29, 0.717) is 18.2 Å². The van der Waals surface area contributed by atoms with Crippen LogP contribution in [0.2, 0.25) is 0 Å². The van der Waals surface area contributed by atoms with Gasteiger partial charge >= 0.3 is 0 Å². The molecule has 0 aliphatic rings. The molecular formula is C19H22N6O. The van der Waals surface area contributed by atoms with Crippen LogP contribution in [-0.2, 0) is 13.0 Å². The highest BCUT2D eigenvalue weighted by molar-refractivity contribution is 5.51. The average Bonchev–Trinajstić information content (AvgIpc) is 2.67. The van der Waals surface area contributed by atoms with Crippen LogP contribution in [0.3, 0.4) is 0 Å². The SMILES string of the molecule is COc1ccc(CCNc2cc(NCc3cccnc3)nc(N)n2)cc1. The average molecular weight is 350 g/mol. The topological polar surface area (TPSA) is 98.0 Å². The van der Waals surface area contributed by atoms with Crippen molar-refractivity contribution >= 4 is 17.6 Å². The smallest absolute Gasteiger partial charge is 0.223 e. The Balaban J connectivity index is 1.54. The van der Waals surface area contributed by atoms with Crippen LogP contribution in [0, 0.1) is 0 Å². The van der Waals surface area contributed by atoms with E-state index < -0.39 is 0 Å². The summed E-state index contributed by atoms with van der Waals surface area (Å²) in [6.45, 7) is 1.36. The number of nitrogen functional groups attached to an aromatic ring is 1. The van der Waals surface area contributed by atoms with Crippen LogP contribution < -0.4 is 21.1 Å². The van der Waals surface area contributed by atoms with E-state index in [2.05, 4.69) is 37.7 Å². The van der Waals surface area contributed by atoms with E-state index in [0.717, 1.165) is 24.3 Å². The minimum absolute atomic E-state index is 0.230. The van der Waals surface area contributed by atoms with Crippen molar-refractivity contribution in [3.8, 4) is 5.75 Å². The zero-order valence-electron chi connectivity index (χ0n) is 14.6. The molecule has 4 N–H and O–H groups in total. The molecule has 0 aliphatic heterocycles. The number of benzene rings is 1. The van der Waals surface area contributed by atoms with Crippen molar-refractivity contribution in [1.29, 1.82) is 0 Å². The third-order valence-corrected chi connectivity index (χ3v) is 3.82. The number of nitrogens with one attached hydrogen (secondary N) is 2. The Labute approximate surface area is 152 Å². The number of anilines is 3. The van der Waals surface area contributed by atoms with Crippen LogP contribution in [0.25, 0.3) is 0 Å². The molecular weight excluding hydrogens is 328 g/mol. The van der Waals surface area contributed by atoms with Gasteiger partial charge in [-0.15, -0.1) is 0 Å². The first-order valence-corrected chi connectivity index (χ1v) is 8.37. The van der Waals surface area contributed by atoms with Gasteiger partial charge in [0.05, 0.1) is 7.11 Å². The van der Waals surface area contributed by atoms with Crippen LogP contribution in [-0.4, -0.2) is 28.6 Å². The highest BCUT2D eigenvalue weighted by Crippen LogP contribution is 2.15. The highest BCUT2D eigenvalue weighted by Gasteiger charge is 2.03. The quantitative estimate of drug-likeness (QED) is 0.574. The summed E-state index contributed by atoms with van der Waals surface area (Å²) in [6, 6.07) is 13.8. The van der Waals surface area contributed by atoms with Gasteiger partial charge in [0.2, 0.25) is 5.95 Å². The van der Waals surface area contributed by atoms with Crippen LogP contribution in [0.15, 0.2) is 54.9 Å². The normalized spacial score (nSPS) is 10.3. The van der Waals surface area contributed by atoms with Crippen molar-refractivity contribution in [1.82, 2.24) is 15.0 Å². The minimum Gasteiger partial charge on any atom is -0.497 e. The molecule has 0 atom stereocenters. The summed E-state index contributed by atoms with van der Waals surface area (Å²) in [7, 11) is 1.66. The fourth-order valence-corrected chi connectivity index (χ4v) is 2.47. The molecule has 3 aromatic rings. The molecule has 0 saturated carbocycles. The molecule has 0 bridgehead atoms. The molecule has 1 aromatic carbocycles. The molecule has 0 aliphatic carbocycles. The molecule has 7 heteroatoms. The van der Waals surface area contributed by atoms with Gasteiger partial charge in [-0.1, -0.05) is 18.2 Å². The number of methoxy groups -OCH3 is 1. The molecule has 0 unspecified atom stereocenters. The summed E-state index contributed by atoms with van der Waals surface area (Å²) in [5, 5.41) is 6.52. The van der Waals surface area contributed by atoms with Crippen molar-refractivity contribution in [2.45, 2.75) is 13.0 Å². The van der Waals surface area contributed by atoms with Crippen molar-refractivity contribution in [3.63, 3.8) is 0 Å². The van der Waals surface area contributed by atoms with Crippen molar-refractivity contribution in [3.05, 3.63) is 66.0 Å². The summed E-state index contributed by atoms with van der Waals surface area (Å²) < 4.78 is 5.17. The summed E-state index contributed by atoms with van der Waals surface area (Å²) in [4.78, 5) is 12.5. The van der Waals surface area contributed by atoms with Gasteiger partial charge in [-0.05, 0) is 35.7 Å². The Bertz CT molecular complexity index is 823. The van der Waals surface area contributed by atoms with E-state index in [1.54, 1.807) is 13.3 Å². The third-order valence-electron chi connectivity index (χ3n) is 3.82. The summed E-state index contributed by atoms with van der Waals surface area (Å²) in [6.07, 6.45) is 4.43. The molecule has 0 radical (unpaired) electrons. The number of nitrogens with two attached hydrogens (primary N) is 1. The molecule has 0 fully saturated rings. The lowest BCUT2D eigenvalue weighted by molar-refractivity contribution is 0.414. The van der Waals surface area contributed by atoms with Gasteiger partial charge < -0.3 is 21.1 Å². The summed E-state index contributed by atoms with van der Waals surface area (Å²) >= 11 is 0. The fraction of sp³-hybridized carbons (Fsp3) is 0.211. The second-order valence-corrected chi connectivity index (χ2v) is 5.74. The van der Waals surface area contributed by atoms with Gasteiger partial charge in [0.1, 0.15) is 17.4 Å². The predicted molar refractivity (Wildman–Crippen MR) is 103 cm³/mol. The zero-order valence-corrected chi connectivity index (χ0v) is 14.6. The maximum atomic E-state index is 5.81. The fourth-order valence-electron chi connectivity index (χ4n) is 2.47. The van der Waals surface area contributed by atoms with Gasteiger partial charge in [0.15, 0.2) is 0 Å². The van der Waals surface area contributed by atoms with Crippen molar-refractivity contribution in [2.24, 2.45) is 0 Å². The van der Waals surface area contributed by atoms with Crippen molar-refractivity contribution in [2.75, 3.05) is 30.0 Å². The maximum absolute atomic E-state index is 5.81. The minimum atomic E-state index is 0.230. The van der Waals surface area contributed by atoms with E-state index >= 15 is 0 Å². The number of hydrogen-bond donors (Lipinski definition) is 3. The number of rotatable bonds is 8. The first-order valence-electron chi connectivity index (χ1n) is 8.37. The molecule has 2 aromatic heterocycles. The number of ether oxygens (including phenoxy) is 1. The Kier molecular flexibility index (Phi) is 5.82. The molecule has 0 spiro atoms. The second-order valence-electron chi connectivity index (χ2n) is 5.74. The third kappa shape index (κ3) is 5.07. The maximum Gasteiger partial charge on any atom is 0.223 e. The lowest BCUT2D eigenvalue weighted by Gasteiger charge is -2.10. The molecule has 134 valence electrons. The van der Waals surface area contributed by atoms with Gasteiger partial charge in [-0.3, -0.25) is 4.98 Å². The standard InChI is InChI=1S/C19H22N6O/c1-26-16-6-4-14(5-7-16)8-10-22-17-11-18(25-19(20)24-17)23-13-15-3-2-9-21-12-15/h2-7,9,11-12H,8,10,13H2,1H3,(H4,20,22,23,24,25). The number of hydrogen-bond acceptors (Lipinski definition) is 7. The number of pyridine rings is 1. The van der Waals surface area contributed by atoms with Gasteiger partial charge in [-0.2, -0.15) is 9.97 Å². The molecule has 26 heavy (non-hydrogen) atoms. The van der Waals surface area contributed by atoms with E-state index in [-0.39, 0.29) is 5.95 Å². The largest absolute Gasteiger partial charge is 0.497 e. The Morgan fingerprint density at radius 1 is 1.00 bits per heavy atom. The Morgan fingerprint density at radius 2 is 1.77 bits per heavy atom. The molecule has 7 nitrogen and oxygen atoms in total. The van der Waals surface area contributed by atoms with Crippen LogP contribution in [0.1, 0.15) is 11.1 Å². The second kappa shape index (κ2) is 8.66. The Hall–Kier alpha value is -3.35. The summed E-state index contributed by atoms with van der Waals surface area (Å²) in [5.74, 6) is 2.45. The van der Waals surface area contributed by atoms with E-state index in [1.807, 2.05) is 36.5 Å². The van der Waals surface area contributed by atoms with E-state index in [1.165, 1.54) is 5.56 Å². The number of aromatic nitrogens is 3. The zero-order chi connectivity index (χ0) is 18.2. The van der Waals surface area contributed by atoms with Gasteiger partial charge in [0.25, 0.3) is 0 Å². The van der Waals surface area contributed by atoms with Crippen LogP contribution in [0.5, 0.6) is 5.75 Å². The van der Waals surface area contributed by atoms with Gasteiger partial charge in [-0.25, -0.2) is 0 Å². The van der Waals surface area contributed by atoms with Crippen LogP contribution >= 0.6 is 0 Å².